The van der Waals surface area contributed by atoms with E-state index in [0.29, 0.717) is 47.9 Å². The SMILES string of the molecule is CN(Cc1ccc(NC(=O)c2ccc(CN(C(=O)c3ccc4c(c3)OCC(=O)N4)C3CC3)cc2)cc1)C(=O)C(C)(C)CCCCN. The van der Waals surface area contributed by atoms with E-state index >= 15 is 0 Å². The summed E-state index contributed by atoms with van der Waals surface area (Å²) in [4.78, 5) is 54.6. The molecule has 1 aliphatic carbocycles. The first-order valence-electron chi connectivity index (χ1n) is 15.9. The normalized spacial score (nSPS) is 14.0. The number of nitrogens with one attached hydrogen (secondary N) is 2. The molecule has 1 aliphatic heterocycles. The average Bonchev–Trinajstić information content (AvgIpc) is 3.89. The first kappa shape index (κ1) is 32.7. The minimum absolute atomic E-state index is 0.0723. The van der Waals surface area contributed by atoms with Crippen molar-refractivity contribution in [1.29, 1.82) is 0 Å². The van der Waals surface area contributed by atoms with E-state index in [1.807, 2.05) is 62.2 Å². The first-order chi connectivity index (χ1) is 22.0. The third-order valence-corrected chi connectivity index (χ3v) is 8.49. The molecule has 4 N–H and O–H groups in total. The van der Waals surface area contributed by atoms with Crippen LogP contribution in [-0.2, 0) is 22.7 Å². The summed E-state index contributed by atoms with van der Waals surface area (Å²) in [7, 11) is 1.82. The van der Waals surface area contributed by atoms with Crippen molar-refractivity contribution in [3.05, 3.63) is 89.0 Å². The fourth-order valence-corrected chi connectivity index (χ4v) is 5.66. The molecule has 4 amide bonds. The molecule has 0 atom stereocenters. The molecule has 0 bridgehead atoms. The predicted molar refractivity (Wildman–Crippen MR) is 177 cm³/mol. The molecular formula is C36H43N5O5. The minimum Gasteiger partial charge on any atom is -0.482 e. The Morgan fingerprint density at radius 3 is 2.26 bits per heavy atom. The van der Waals surface area contributed by atoms with Gasteiger partial charge in [-0.25, -0.2) is 0 Å². The van der Waals surface area contributed by atoms with Crippen LogP contribution >= 0.6 is 0 Å². The van der Waals surface area contributed by atoms with Crippen LogP contribution in [0.3, 0.4) is 0 Å². The van der Waals surface area contributed by atoms with Crippen LogP contribution in [0.2, 0.25) is 0 Å². The summed E-state index contributed by atoms with van der Waals surface area (Å²) in [6, 6.07) is 20.0. The number of ether oxygens (including phenoxy) is 1. The molecule has 1 heterocycles. The summed E-state index contributed by atoms with van der Waals surface area (Å²) in [5, 5.41) is 5.68. The van der Waals surface area contributed by atoms with Gasteiger partial charge < -0.3 is 30.9 Å². The number of amides is 4. The van der Waals surface area contributed by atoms with E-state index in [9.17, 15) is 19.2 Å². The van der Waals surface area contributed by atoms with Crippen LogP contribution in [0.4, 0.5) is 11.4 Å². The van der Waals surface area contributed by atoms with E-state index in [1.54, 1.807) is 35.2 Å². The molecule has 1 fully saturated rings. The molecule has 3 aromatic rings. The lowest BCUT2D eigenvalue weighted by Gasteiger charge is -2.29. The largest absolute Gasteiger partial charge is 0.482 e. The van der Waals surface area contributed by atoms with Crippen LogP contribution in [-0.4, -0.2) is 59.7 Å². The van der Waals surface area contributed by atoms with Gasteiger partial charge in [0.1, 0.15) is 5.75 Å². The van der Waals surface area contributed by atoms with Gasteiger partial charge in [0.25, 0.3) is 17.7 Å². The standard InChI is InChI=1S/C36H43N5O5/c1-36(2,18-4-5-19-37)35(45)40(3)21-24-8-13-28(14-9-24)38-33(43)26-10-6-25(7-11-26)22-41(29-15-16-29)34(44)27-12-17-30-31(20-27)46-23-32(42)39-30/h6-14,17,20,29H,4-5,15-16,18-19,21-23,37H2,1-3H3,(H,38,43)(H,39,42). The van der Waals surface area contributed by atoms with Gasteiger partial charge in [-0.05, 0) is 85.8 Å². The van der Waals surface area contributed by atoms with Crippen molar-refractivity contribution >= 4 is 35.0 Å². The van der Waals surface area contributed by atoms with E-state index in [-0.39, 0.29) is 36.3 Å². The lowest BCUT2D eigenvalue weighted by Crippen LogP contribution is -2.38. The van der Waals surface area contributed by atoms with Crippen LogP contribution < -0.4 is 21.1 Å². The molecule has 0 spiro atoms. The number of fused-ring (bicyclic) bond motifs is 1. The second-order valence-electron chi connectivity index (χ2n) is 12.9. The minimum atomic E-state index is -0.447. The monoisotopic (exact) mass is 625 g/mol. The average molecular weight is 626 g/mol. The van der Waals surface area contributed by atoms with Gasteiger partial charge in [-0.15, -0.1) is 0 Å². The number of nitrogens with zero attached hydrogens (tertiary/aromatic N) is 2. The Kier molecular flexibility index (Phi) is 10.1. The zero-order chi connectivity index (χ0) is 32.8. The molecule has 2 aliphatic rings. The Labute approximate surface area is 270 Å². The molecule has 0 unspecified atom stereocenters. The highest BCUT2D eigenvalue weighted by Gasteiger charge is 2.34. The molecule has 46 heavy (non-hydrogen) atoms. The molecule has 10 heteroatoms. The Balaban J connectivity index is 1.15. The molecule has 1 saturated carbocycles. The summed E-state index contributed by atoms with van der Waals surface area (Å²) < 4.78 is 5.50. The van der Waals surface area contributed by atoms with Crippen molar-refractivity contribution in [3.8, 4) is 5.75 Å². The molecule has 3 aromatic carbocycles. The van der Waals surface area contributed by atoms with Gasteiger partial charge in [-0.2, -0.15) is 0 Å². The zero-order valence-corrected chi connectivity index (χ0v) is 26.8. The highest BCUT2D eigenvalue weighted by atomic mass is 16.5. The topological polar surface area (TPSA) is 134 Å². The van der Waals surface area contributed by atoms with Crippen LogP contribution in [0.25, 0.3) is 0 Å². The number of carbonyl (C=O) groups excluding carboxylic acids is 4. The third kappa shape index (κ3) is 8.11. The van der Waals surface area contributed by atoms with Crippen LogP contribution in [0, 0.1) is 5.41 Å². The van der Waals surface area contributed by atoms with Crippen LogP contribution in [0.15, 0.2) is 66.7 Å². The van der Waals surface area contributed by atoms with Gasteiger partial charge in [0.2, 0.25) is 5.91 Å². The number of carbonyl (C=O) groups is 4. The third-order valence-electron chi connectivity index (χ3n) is 8.49. The molecular weight excluding hydrogens is 582 g/mol. The van der Waals surface area contributed by atoms with E-state index in [2.05, 4.69) is 10.6 Å². The summed E-state index contributed by atoms with van der Waals surface area (Å²) in [5.74, 6) is 0.0328. The highest BCUT2D eigenvalue weighted by molar-refractivity contribution is 6.04. The Morgan fingerprint density at radius 1 is 0.935 bits per heavy atom. The number of anilines is 2. The number of rotatable bonds is 13. The van der Waals surface area contributed by atoms with Crippen LogP contribution in [0.1, 0.15) is 77.8 Å². The van der Waals surface area contributed by atoms with Gasteiger partial charge in [-0.3, -0.25) is 19.2 Å². The second-order valence-corrected chi connectivity index (χ2v) is 12.9. The zero-order valence-electron chi connectivity index (χ0n) is 26.8. The molecule has 5 rings (SSSR count). The van der Waals surface area contributed by atoms with Gasteiger partial charge in [0.05, 0.1) is 5.69 Å². The lowest BCUT2D eigenvalue weighted by atomic mass is 9.85. The fraction of sp³-hybridized carbons (Fsp3) is 0.389. The smallest absolute Gasteiger partial charge is 0.262 e. The molecule has 0 aromatic heterocycles. The number of benzene rings is 3. The predicted octanol–water partition coefficient (Wildman–Crippen LogP) is 5.19. The van der Waals surface area contributed by atoms with E-state index in [4.69, 9.17) is 10.5 Å². The number of nitrogens with two attached hydrogens (primary N) is 1. The Morgan fingerprint density at radius 2 is 1.59 bits per heavy atom. The van der Waals surface area contributed by atoms with E-state index in [0.717, 1.165) is 43.2 Å². The van der Waals surface area contributed by atoms with Gasteiger partial charge in [-0.1, -0.05) is 44.5 Å². The summed E-state index contributed by atoms with van der Waals surface area (Å²) in [5.41, 5.74) is 9.28. The van der Waals surface area contributed by atoms with Crippen molar-refractivity contribution in [2.24, 2.45) is 11.1 Å². The molecule has 242 valence electrons. The summed E-state index contributed by atoms with van der Waals surface area (Å²) in [6.45, 7) is 5.42. The van der Waals surface area contributed by atoms with Crippen molar-refractivity contribution in [2.75, 3.05) is 30.8 Å². The van der Waals surface area contributed by atoms with Crippen LogP contribution in [0.5, 0.6) is 5.75 Å². The van der Waals surface area contributed by atoms with Crippen molar-refractivity contribution in [3.63, 3.8) is 0 Å². The molecule has 10 nitrogen and oxygen atoms in total. The van der Waals surface area contributed by atoms with Gasteiger partial charge in [0, 0.05) is 48.4 Å². The number of unbranched alkanes of at least 4 members (excludes halogenated alkanes) is 1. The van der Waals surface area contributed by atoms with Gasteiger partial charge >= 0.3 is 0 Å². The maximum atomic E-state index is 13.5. The maximum absolute atomic E-state index is 13.5. The fourth-order valence-electron chi connectivity index (χ4n) is 5.66. The van der Waals surface area contributed by atoms with E-state index < -0.39 is 5.41 Å². The quantitative estimate of drug-likeness (QED) is 0.224. The first-order valence-corrected chi connectivity index (χ1v) is 15.9. The maximum Gasteiger partial charge on any atom is 0.262 e. The van der Waals surface area contributed by atoms with Crippen molar-refractivity contribution in [2.45, 2.75) is 65.1 Å². The highest BCUT2D eigenvalue weighted by Crippen LogP contribution is 2.33. The lowest BCUT2D eigenvalue weighted by molar-refractivity contribution is -0.140. The van der Waals surface area contributed by atoms with Gasteiger partial charge in [0.15, 0.2) is 6.61 Å². The second kappa shape index (κ2) is 14.2. The Hall–Kier alpha value is -4.70. The summed E-state index contributed by atoms with van der Waals surface area (Å²) in [6.07, 6.45) is 4.53. The summed E-state index contributed by atoms with van der Waals surface area (Å²) >= 11 is 0. The van der Waals surface area contributed by atoms with Crippen molar-refractivity contribution < 1.29 is 23.9 Å². The number of hydrogen-bond acceptors (Lipinski definition) is 6. The Bertz CT molecular complexity index is 1580. The number of hydrogen-bond donors (Lipinski definition) is 3. The van der Waals surface area contributed by atoms with Crippen molar-refractivity contribution in [1.82, 2.24) is 9.80 Å². The molecule has 0 radical (unpaired) electrons. The molecule has 0 saturated heterocycles. The van der Waals surface area contributed by atoms with E-state index in [1.165, 1.54) is 0 Å².